The third-order valence-electron chi connectivity index (χ3n) is 3.07. The maximum Gasteiger partial charge on any atom is 0.360 e. The number of carbonyl (C=O) groups is 1. The lowest BCUT2D eigenvalue weighted by Crippen LogP contribution is -2.08. The number of aromatic nitrogens is 2. The molecule has 0 spiro atoms. The van der Waals surface area contributed by atoms with Crippen molar-refractivity contribution in [3.05, 3.63) is 35.5 Å². The molecule has 0 atom stereocenters. The topological polar surface area (TPSA) is 79.4 Å². The fourth-order valence-corrected chi connectivity index (χ4v) is 2.04. The first-order valence-corrected chi connectivity index (χ1v) is 6.32. The molecule has 0 aliphatic carbocycles. The molecule has 0 aliphatic heterocycles. The normalized spacial score (nSPS) is 10.5. The minimum absolute atomic E-state index is 0.0395. The molecule has 2 aromatic rings. The summed E-state index contributed by atoms with van der Waals surface area (Å²) < 4.78 is 24.7. The number of ether oxygens (including phenoxy) is 2. The fourth-order valence-electron chi connectivity index (χ4n) is 2.04. The van der Waals surface area contributed by atoms with Gasteiger partial charge in [0.05, 0.1) is 19.9 Å². The van der Waals surface area contributed by atoms with Gasteiger partial charge >= 0.3 is 5.97 Å². The van der Waals surface area contributed by atoms with E-state index in [0.717, 1.165) is 0 Å². The number of anilines is 1. The molecule has 112 valence electrons. The predicted octanol–water partition coefficient (Wildman–Crippen LogP) is 1.95. The van der Waals surface area contributed by atoms with Crippen LogP contribution in [-0.4, -0.2) is 29.7 Å². The largest absolute Gasteiger partial charge is 0.494 e. The first kappa shape index (κ1) is 14.8. The number of carbonyl (C=O) groups excluding carboxylic acids is 1. The van der Waals surface area contributed by atoms with Gasteiger partial charge in [-0.2, -0.15) is 0 Å². The molecule has 2 rings (SSSR count). The van der Waals surface area contributed by atoms with Crippen LogP contribution < -0.4 is 10.5 Å². The Hall–Kier alpha value is -2.57. The summed E-state index contributed by atoms with van der Waals surface area (Å²) in [6.07, 6.45) is 0.543. The average Bonchev–Trinajstić information content (AvgIpc) is 2.84. The summed E-state index contributed by atoms with van der Waals surface area (Å²) in [5.41, 5.74) is 6.58. The van der Waals surface area contributed by atoms with Crippen molar-refractivity contribution in [1.82, 2.24) is 9.55 Å². The first-order chi connectivity index (χ1) is 10.0. The van der Waals surface area contributed by atoms with Crippen molar-refractivity contribution in [3.8, 4) is 11.4 Å². The van der Waals surface area contributed by atoms with Crippen molar-refractivity contribution < 1.29 is 18.7 Å². The lowest BCUT2D eigenvalue weighted by atomic mass is 10.2. The van der Waals surface area contributed by atoms with Crippen molar-refractivity contribution in [2.75, 3.05) is 20.0 Å². The monoisotopic (exact) mass is 293 g/mol. The Bertz CT molecular complexity index is 682. The van der Waals surface area contributed by atoms with E-state index in [-0.39, 0.29) is 17.3 Å². The van der Waals surface area contributed by atoms with Gasteiger partial charge in [-0.25, -0.2) is 14.2 Å². The number of rotatable bonds is 4. The van der Waals surface area contributed by atoms with E-state index < -0.39 is 11.8 Å². The van der Waals surface area contributed by atoms with Crippen LogP contribution in [0.2, 0.25) is 0 Å². The van der Waals surface area contributed by atoms with Crippen molar-refractivity contribution in [2.45, 2.75) is 13.3 Å². The Balaban J connectivity index is 2.63. The Kier molecular flexibility index (Phi) is 4.11. The number of nitrogens with zero attached hydrogens (tertiary/aromatic N) is 2. The SMILES string of the molecule is CCc1nc(C(=O)OC)c(N)n1-c1ccc(F)c(OC)c1. The Morgan fingerprint density at radius 1 is 1.43 bits per heavy atom. The molecular formula is C14H16FN3O3. The van der Waals surface area contributed by atoms with Crippen molar-refractivity contribution in [2.24, 2.45) is 0 Å². The summed E-state index contributed by atoms with van der Waals surface area (Å²) in [5.74, 6) is -0.294. The molecule has 0 bridgehead atoms. The number of nitrogen functional groups attached to an aromatic ring is 1. The number of imidazole rings is 1. The number of nitrogens with two attached hydrogens (primary N) is 1. The Morgan fingerprint density at radius 3 is 2.71 bits per heavy atom. The van der Waals surface area contributed by atoms with E-state index in [1.54, 1.807) is 4.57 Å². The second-order valence-corrected chi connectivity index (χ2v) is 4.26. The summed E-state index contributed by atoms with van der Waals surface area (Å²) >= 11 is 0. The quantitative estimate of drug-likeness (QED) is 0.872. The van der Waals surface area contributed by atoms with Crippen LogP contribution in [0.3, 0.4) is 0 Å². The van der Waals surface area contributed by atoms with Crippen molar-refractivity contribution in [3.63, 3.8) is 0 Å². The van der Waals surface area contributed by atoms with Crippen LogP contribution in [0.5, 0.6) is 5.75 Å². The molecular weight excluding hydrogens is 277 g/mol. The van der Waals surface area contributed by atoms with Crippen LogP contribution in [-0.2, 0) is 11.2 Å². The second kappa shape index (κ2) is 5.82. The predicted molar refractivity (Wildman–Crippen MR) is 75.2 cm³/mol. The zero-order chi connectivity index (χ0) is 15.6. The smallest absolute Gasteiger partial charge is 0.360 e. The minimum atomic E-state index is -0.616. The number of methoxy groups -OCH3 is 2. The molecule has 0 aliphatic rings. The Labute approximate surface area is 121 Å². The first-order valence-electron chi connectivity index (χ1n) is 6.32. The van der Waals surface area contributed by atoms with Gasteiger partial charge in [0.1, 0.15) is 11.6 Å². The summed E-state index contributed by atoms with van der Waals surface area (Å²) in [4.78, 5) is 15.8. The molecule has 21 heavy (non-hydrogen) atoms. The van der Waals surface area contributed by atoms with Gasteiger partial charge in [0.25, 0.3) is 0 Å². The standard InChI is InChI=1S/C14H16FN3O3/c1-4-11-17-12(14(19)21-3)13(16)18(11)8-5-6-9(15)10(7-8)20-2/h5-7H,4,16H2,1-3H3. The highest BCUT2D eigenvalue weighted by Gasteiger charge is 2.21. The van der Waals surface area contributed by atoms with Gasteiger partial charge in [-0.15, -0.1) is 0 Å². The van der Waals surface area contributed by atoms with Gasteiger partial charge < -0.3 is 15.2 Å². The number of benzene rings is 1. The third kappa shape index (κ3) is 2.54. The van der Waals surface area contributed by atoms with E-state index in [1.165, 1.54) is 32.4 Å². The van der Waals surface area contributed by atoms with Gasteiger partial charge in [-0.05, 0) is 12.1 Å². The van der Waals surface area contributed by atoms with Gasteiger partial charge in [0.15, 0.2) is 17.3 Å². The van der Waals surface area contributed by atoms with E-state index in [1.807, 2.05) is 6.92 Å². The van der Waals surface area contributed by atoms with Crippen LogP contribution in [0.4, 0.5) is 10.2 Å². The number of hydrogen-bond donors (Lipinski definition) is 1. The molecule has 0 saturated carbocycles. The summed E-state index contributed by atoms with van der Waals surface area (Å²) in [7, 11) is 2.63. The van der Waals surface area contributed by atoms with Gasteiger partial charge in [0.2, 0.25) is 0 Å². The molecule has 0 unspecified atom stereocenters. The fraction of sp³-hybridized carbons (Fsp3) is 0.286. The lowest BCUT2D eigenvalue weighted by Gasteiger charge is -2.11. The van der Waals surface area contributed by atoms with Gasteiger partial charge in [-0.3, -0.25) is 4.57 Å². The molecule has 6 nitrogen and oxygen atoms in total. The lowest BCUT2D eigenvalue weighted by molar-refractivity contribution is 0.0595. The van der Waals surface area contributed by atoms with Crippen LogP contribution in [0, 0.1) is 5.82 Å². The number of esters is 1. The van der Waals surface area contributed by atoms with E-state index >= 15 is 0 Å². The molecule has 1 aromatic carbocycles. The average molecular weight is 293 g/mol. The second-order valence-electron chi connectivity index (χ2n) is 4.26. The summed E-state index contributed by atoms with van der Waals surface area (Å²) in [5, 5.41) is 0. The Morgan fingerprint density at radius 2 is 2.14 bits per heavy atom. The molecule has 1 aromatic heterocycles. The van der Waals surface area contributed by atoms with Crippen molar-refractivity contribution in [1.29, 1.82) is 0 Å². The summed E-state index contributed by atoms with van der Waals surface area (Å²) in [6.45, 7) is 1.88. The highest BCUT2D eigenvalue weighted by atomic mass is 19.1. The van der Waals surface area contributed by atoms with E-state index in [9.17, 15) is 9.18 Å². The minimum Gasteiger partial charge on any atom is -0.494 e. The van der Waals surface area contributed by atoms with Crippen LogP contribution >= 0.6 is 0 Å². The van der Waals surface area contributed by atoms with E-state index in [2.05, 4.69) is 9.72 Å². The highest BCUT2D eigenvalue weighted by molar-refractivity contribution is 5.92. The van der Waals surface area contributed by atoms with E-state index in [0.29, 0.717) is 17.9 Å². The molecule has 2 N–H and O–H groups in total. The van der Waals surface area contributed by atoms with E-state index in [4.69, 9.17) is 10.5 Å². The van der Waals surface area contributed by atoms with Crippen molar-refractivity contribution >= 4 is 11.8 Å². The van der Waals surface area contributed by atoms with Crippen LogP contribution in [0.1, 0.15) is 23.2 Å². The number of hydrogen-bond acceptors (Lipinski definition) is 5. The number of aryl methyl sites for hydroxylation is 1. The maximum atomic E-state index is 13.5. The molecule has 0 amide bonds. The molecule has 1 heterocycles. The van der Waals surface area contributed by atoms with Crippen LogP contribution in [0.15, 0.2) is 18.2 Å². The highest BCUT2D eigenvalue weighted by Crippen LogP contribution is 2.26. The number of halogens is 1. The van der Waals surface area contributed by atoms with Gasteiger partial charge in [-0.1, -0.05) is 6.92 Å². The zero-order valence-electron chi connectivity index (χ0n) is 12.0. The summed E-state index contributed by atoms with van der Waals surface area (Å²) in [6, 6.07) is 4.30. The zero-order valence-corrected chi connectivity index (χ0v) is 12.0. The molecule has 7 heteroatoms. The van der Waals surface area contributed by atoms with Crippen LogP contribution in [0.25, 0.3) is 5.69 Å². The third-order valence-corrected chi connectivity index (χ3v) is 3.07. The molecule has 0 saturated heterocycles. The van der Waals surface area contributed by atoms with Gasteiger partial charge in [0, 0.05) is 12.5 Å². The molecule has 0 radical (unpaired) electrons. The molecule has 0 fully saturated rings. The maximum absolute atomic E-state index is 13.5.